The van der Waals surface area contributed by atoms with Crippen LogP contribution in [-0.2, 0) is 6.54 Å². The fraction of sp³-hybridized carbons (Fsp3) is 0.200. The maximum atomic E-state index is 4.36. The van der Waals surface area contributed by atoms with Crippen molar-refractivity contribution in [1.82, 2.24) is 19.7 Å². The van der Waals surface area contributed by atoms with E-state index >= 15 is 0 Å². The van der Waals surface area contributed by atoms with Crippen molar-refractivity contribution in [2.24, 2.45) is 0 Å². The summed E-state index contributed by atoms with van der Waals surface area (Å²) in [7, 11) is 0. The zero-order valence-electron chi connectivity index (χ0n) is 11.4. The number of rotatable bonds is 4. The Hall–Kier alpha value is -1.24. The molecule has 0 spiro atoms. The molecule has 0 unspecified atom stereocenters. The largest absolute Gasteiger partial charge is 0.305 e. The van der Waals surface area contributed by atoms with Gasteiger partial charge in [0.25, 0.3) is 0 Å². The highest BCUT2D eigenvalue weighted by Crippen LogP contribution is 2.18. The van der Waals surface area contributed by atoms with Crippen molar-refractivity contribution in [2.75, 3.05) is 0 Å². The molecule has 0 fully saturated rings. The third-order valence-electron chi connectivity index (χ3n) is 3.38. The van der Waals surface area contributed by atoms with Crippen molar-refractivity contribution in [1.29, 1.82) is 0 Å². The Morgan fingerprint density at radius 2 is 2.10 bits per heavy atom. The minimum Gasteiger partial charge on any atom is -0.305 e. The summed E-state index contributed by atoms with van der Waals surface area (Å²) >= 11 is 6.90. The van der Waals surface area contributed by atoms with Gasteiger partial charge in [-0.05, 0) is 40.5 Å². The first-order chi connectivity index (χ1) is 10.1. The SMILES string of the molecule is C[C@H](NCc1cnc2cnc(Br)cn12)c1cccc(Br)c1. The average molecular weight is 410 g/mol. The number of nitrogens with zero attached hydrogens (tertiary/aromatic N) is 3. The van der Waals surface area contributed by atoms with E-state index in [1.54, 1.807) is 6.20 Å². The van der Waals surface area contributed by atoms with E-state index in [0.717, 1.165) is 27.0 Å². The summed E-state index contributed by atoms with van der Waals surface area (Å²) in [6.45, 7) is 2.90. The predicted octanol–water partition coefficient (Wildman–Crippen LogP) is 4.11. The number of hydrogen-bond donors (Lipinski definition) is 1. The Kier molecular flexibility index (Phi) is 4.37. The van der Waals surface area contributed by atoms with E-state index in [4.69, 9.17) is 0 Å². The molecule has 2 heterocycles. The fourth-order valence-corrected chi connectivity index (χ4v) is 2.92. The Bertz CT molecular complexity index is 769. The molecular weight excluding hydrogens is 396 g/mol. The maximum Gasteiger partial charge on any atom is 0.155 e. The summed E-state index contributed by atoms with van der Waals surface area (Å²) in [6, 6.07) is 8.60. The first-order valence-corrected chi connectivity index (χ1v) is 8.18. The zero-order valence-corrected chi connectivity index (χ0v) is 14.6. The lowest BCUT2D eigenvalue weighted by Crippen LogP contribution is -2.19. The van der Waals surface area contributed by atoms with Gasteiger partial charge in [-0.15, -0.1) is 0 Å². The van der Waals surface area contributed by atoms with Crippen LogP contribution in [0.1, 0.15) is 24.2 Å². The maximum absolute atomic E-state index is 4.36. The lowest BCUT2D eigenvalue weighted by Gasteiger charge is -2.14. The first-order valence-electron chi connectivity index (χ1n) is 6.60. The third kappa shape index (κ3) is 3.33. The smallest absolute Gasteiger partial charge is 0.155 e. The van der Waals surface area contributed by atoms with Gasteiger partial charge in [0, 0.05) is 23.3 Å². The molecule has 2 aromatic heterocycles. The zero-order chi connectivity index (χ0) is 14.8. The first kappa shape index (κ1) is 14.7. The van der Waals surface area contributed by atoms with E-state index < -0.39 is 0 Å². The monoisotopic (exact) mass is 408 g/mol. The van der Waals surface area contributed by atoms with Gasteiger partial charge in [0.05, 0.1) is 18.1 Å². The van der Waals surface area contributed by atoms with Crippen molar-refractivity contribution in [2.45, 2.75) is 19.5 Å². The highest BCUT2D eigenvalue weighted by Gasteiger charge is 2.08. The quantitative estimate of drug-likeness (QED) is 0.705. The van der Waals surface area contributed by atoms with Crippen LogP contribution in [0.4, 0.5) is 0 Å². The Morgan fingerprint density at radius 3 is 2.90 bits per heavy atom. The van der Waals surface area contributed by atoms with Crippen LogP contribution in [-0.4, -0.2) is 14.4 Å². The fourth-order valence-electron chi connectivity index (χ4n) is 2.20. The van der Waals surface area contributed by atoms with Crippen LogP contribution in [0.15, 0.2) is 51.9 Å². The van der Waals surface area contributed by atoms with Gasteiger partial charge in [0.1, 0.15) is 4.60 Å². The van der Waals surface area contributed by atoms with Gasteiger partial charge in [-0.3, -0.25) is 4.40 Å². The minimum absolute atomic E-state index is 0.262. The van der Waals surface area contributed by atoms with Crippen LogP contribution < -0.4 is 5.32 Å². The highest BCUT2D eigenvalue weighted by atomic mass is 79.9. The van der Waals surface area contributed by atoms with Crippen LogP contribution in [0.2, 0.25) is 0 Å². The lowest BCUT2D eigenvalue weighted by atomic mass is 10.1. The number of halogens is 2. The molecule has 0 aliphatic rings. The van der Waals surface area contributed by atoms with Crippen LogP contribution in [0, 0.1) is 0 Å². The molecule has 1 aromatic carbocycles. The molecule has 0 radical (unpaired) electrons. The van der Waals surface area contributed by atoms with Crippen molar-refractivity contribution in [3.8, 4) is 0 Å². The number of benzene rings is 1. The lowest BCUT2D eigenvalue weighted by molar-refractivity contribution is 0.565. The van der Waals surface area contributed by atoms with E-state index in [2.05, 4.69) is 72.3 Å². The second kappa shape index (κ2) is 6.25. The van der Waals surface area contributed by atoms with E-state index in [1.807, 2.05) is 22.9 Å². The molecule has 1 atom stereocenters. The number of nitrogens with one attached hydrogen (secondary N) is 1. The molecule has 3 aromatic rings. The van der Waals surface area contributed by atoms with Gasteiger partial charge in [-0.2, -0.15) is 0 Å². The van der Waals surface area contributed by atoms with Crippen LogP contribution in [0.25, 0.3) is 5.65 Å². The van der Waals surface area contributed by atoms with Crippen molar-refractivity contribution in [3.63, 3.8) is 0 Å². The highest BCUT2D eigenvalue weighted by molar-refractivity contribution is 9.10. The Balaban J connectivity index is 1.75. The van der Waals surface area contributed by atoms with Gasteiger partial charge >= 0.3 is 0 Å². The van der Waals surface area contributed by atoms with Gasteiger partial charge < -0.3 is 5.32 Å². The van der Waals surface area contributed by atoms with E-state index in [9.17, 15) is 0 Å². The van der Waals surface area contributed by atoms with Crippen LogP contribution in [0.5, 0.6) is 0 Å². The van der Waals surface area contributed by atoms with Crippen LogP contribution in [0.3, 0.4) is 0 Å². The molecule has 4 nitrogen and oxygen atoms in total. The Morgan fingerprint density at radius 1 is 1.24 bits per heavy atom. The summed E-state index contributed by atoms with van der Waals surface area (Å²) < 4.78 is 3.94. The third-order valence-corrected chi connectivity index (χ3v) is 4.28. The summed E-state index contributed by atoms with van der Waals surface area (Å²) in [6.07, 6.45) is 5.57. The second-order valence-corrected chi connectivity index (χ2v) is 6.57. The molecule has 0 aliphatic carbocycles. The molecule has 1 N–H and O–H groups in total. The predicted molar refractivity (Wildman–Crippen MR) is 90.1 cm³/mol. The molecule has 6 heteroatoms. The summed E-state index contributed by atoms with van der Waals surface area (Å²) in [5, 5.41) is 3.52. The average Bonchev–Trinajstić information content (AvgIpc) is 2.87. The van der Waals surface area contributed by atoms with Gasteiger partial charge in [0.15, 0.2) is 5.65 Å². The standard InChI is InChI=1S/C15H14Br2N4/c1-10(11-3-2-4-12(16)5-11)18-6-13-7-20-15-8-19-14(17)9-21(13)15/h2-5,7-10,18H,6H2,1H3/t10-/m0/s1. The summed E-state index contributed by atoms with van der Waals surface area (Å²) in [4.78, 5) is 8.54. The second-order valence-electron chi connectivity index (χ2n) is 4.85. The van der Waals surface area contributed by atoms with E-state index in [0.29, 0.717) is 0 Å². The van der Waals surface area contributed by atoms with Gasteiger partial charge in [0.2, 0.25) is 0 Å². The topological polar surface area (TPSA) is 42.2 Å². The van der Waals surface area contributed by atoms with Crippen molar-refractivity contribution >= 4 is 37.5 Å². The van der Waals surface area contributed by atoms with Gasteiger partial charge in [-0.1, -0.05) is 28.1 Å². The summed E-state index contributed by atoms with van der Waals surface area (Å²) in [5.41, 5.74) is 3.21. The normalized spacial score (nSPS) is 12.7. The molecule has 108 valence electrons. The molecule has 0 bridgehead atoms. The molecule has 0 saturated carbocycles. The number of imidazole rings is 1. The molecule has 0 saturated heterocycles. The summed E-state index contributed by atoms with van der Waals surface area (Å²) in [5.74, 6) is 0. The Labute approximate surface area is 139 Å². The number of hydrogen-bond acceptors (Lipinski definition) is 3. The minimum atomic E-state index is 0.262. The van der Waals surface area contributed by atoms with Crippen LogP contribution >= 0.6 is 31.9 Å². The number of fused-ring (bicyclic) bond motifs is 1. The van der Waals surface area contributed by atoms with E-state index in [-0.39, 0.29) is 6.04 Å². The molecule has 21 heavy (non-hydrogen) atoms. The molecule has 3 rings (SSSR count). The van der Waals surface area contributed by atoms with Gasteiger partial charge in [-0.25, -0.2) is 9.97 Å². The molecule has 0 amide bonds. The van der Waals surface area contributed by atoms with E-state index in [1.165, 1.54) is 5.56 Å². The van der Waals surface area contributed by atoms with Crippen molar-refractivity contribution < 1.29 is 0 Å². The molecule has 0 aliphatic heterocycles. The van der Waals surface area contributed by atoms with Crippen molar-refractivity contribution in [3.05, 3.63) is 63.2 Å². The number of aromatic nitrogens is 3. The molecular formula is C15H14Br2N4.